The van der Waals surface area contributed by atoms with Crippen LogP contribution in [0.5, 0.6) is 0 Å². The van der Waals surface area contributed by atoms with E-state index in [2.05, 4.69) is 0 Å². The van der Waals surface area contributed by atoms with Gasteiger partial charge >= 0.3 is 0 Å². The zero-order valence-electron chi connectivity index (χ0n) is 9.07. The molecule has 0 aliphatic rings. The molecule has 2 atom stereocenters. The predicted octanol–water partition coefficient (Wildman–Crippen LogP) is 1.32. The van der Waals surface area contributed by atoms with Crippen LogP contribution in [0.15, 0.2) is 0 Å². The third-order valence-corrected chi connectivity index (χ3v) is 2.38. The van der Waals surface area contributed by atoms with Crippen LogP contribution in [0.1, 0.15) is 27.7 Å². The van der Waals surface area contributed by atoms with Crippen molar-refractivity contribution in [2.75, 3.05) is 7.05 Å². The molecule has 0 heterocycles. The van der Waals surface area contributed by atoms with E-state index in [0.717, 1.165) is 6.29 Å². The number of amides is 1. The van der Waals surface area contributed by atoms with Gasteiger partial charge in [0.1, 0.15) is 6.29 Å². The summed E-state index contributed by atoms with van der Waals surface area (Å²) in [5.74, 6) is 0.204. The number of carbonyl (C=O) groups excluding carboxylic acids is 2. The molecule has 0 saturated carbocycles. The van der Waals surface area contributed by atoms with Crippen molar-refractivity contribution in [3.05, 3.63) is 0 Å². The second-order valence-corrected chi connectivity index (χ2v) is 3.86. The number of aldehydes is 1. The topological polar surface area (TPSA) is 37.4 Å². The molecule has 0 unspecified atom stereocenters. The highest BCUT2D eigenvalue weighted by atomic mass is 16.2. The molecule has 0 rings (SSSR count). The monoisotopic (exact) mass is 185 g/mol. The zero-order chi connectivity index (χ0) is 10.6. The van der Waals surface area contributed by atoms with Crippen molar-refractivity contribution >= 4 is 12.2 Å². The zero-order valence-corrected chi connectivity index (χ0v) is 9.07. The van der Waals surface area contributed by atoms with E-state index in [-0.39, 0.29) is 17.9 Å². The Morgan fingerprint density at radius 2 is 1.77 bits per heavy atom. The minimum atomic E-state index is -0.103. The fourth-order valence-corrected chi connectivity index (χ4v) is 1.70. The predicted molar refractivity (Wildman–Crippen MR) is 52.3 cm³/mol. The summed E-state index contributed by atoms with van der Waals surface area (Å²) in [5, 5.41) is 0. The molecule has 13 heavy (non-hydrogen) atoms. The first-order chi connectivity index (χ1) is 5.91. The van der Waals surface area contributed by atoms with Crippen LogP contribution in [0.3, 0.4) is 0 Å². The third-order valence-electron chi connectivity index (χ3n) is 2.38. The second-order valence-electron chi connectivity index (χ2n) is 3.86. The van der Waals surface area contributed by atoms with E-state index in [1.165, 1.54) is 6.92 Å². The van der Waals surface area contributed by atoms with Gasteiger partial charge in [0, 0.05) is 25.9 Å². The van der Waals surface area contributed by atoms with Gasteiger partial charge in [-0.15, -0.1) is 0 Å². The van der Waals surface area contributed by atoms with E-state index in [1.54, 1.807) is 11.9 Å². The molecular formula is C10H19NO2. The van der Waals surface area contributed by atoms with Crippen LogP contribution in [0.4, 0.5) is 0 Å². The molecule has 0 saturated heterocycles. The smallest absolute Gasteiger partial charge is 0.219 e. The molecular weight excluding hydrogens is 166 g/mol. The van der Waals surface area contributed by atoms with Gasteiger partial charge < -0.3 is 9.69 Å². The third kappa shape index (κ3) is 3.17. The molecule has 0 spiro atoms. The fourth-order valence-electron chi connectivity index (χ4n) is 1.70. The van der Waals surface area contributed by atoms with Crippen molar-refractivity contribution < 1.29 is 9.59 Å². The number of nitrogens with zero attached hydrogens (tertiary/aromatic N) is 1. The number of rotatable bonds is 4. The molecule has 1 amide bonds. The van der Waals surface area contributed by atoms with Gasteiger partial charge in [0.05, 0.1) is 0 Å². The van der Waals surface area contributed by atoms with Crippen molar-refractivity contribution in [3.63, 3.8) is 0 Å². The lowest BCUT2D eigenvalue weighted by Gasteiger charge is -2.32. The molecule has 0 aliphatic heterocycles. The van der Waals surface area contributed by atoms with Gasteiger partial charge in [0.2, 0.25) is 5.91 Å². The Balaban J connectivity index is 4.59. The minimum absolute atomic E-state index is 0.00685. The number of carbonyl (C=O) groups is 2. The lowest BCUT2D eigenvalue weighted by molar-refractivity contribution is -0.132. The molecule has 0 fully saturated rings. The summed E-state index contributed by atoms with van der Waals surface area (Å²) in [4.78, 5) is 23.4. The summed E-state index contributed by atoms with van der Waals surface area (Å²) in [6, 6.07) is 0.00926. The second kappa shape index (κ2) is 5.00. The summed E-state index contributed by atoms with van der Waals surface area (Å²) in [7, 11) is 1.74. The molecule has 0 radical (unpaired) electrons. The fraction of sp³-hybridized carbons (Fsp3) is 0.800. The summed E-state index contributed by atoms with van der Waals surface area (Å²) >= 11 is 0. The van der Waals surface area contributed by atoms with Crippen LogP contribution in [0, 0.1) is 11.8 Å². The van der Waals surface area contributed by atoms with Crippen molar-refractivity contribution in [2.45, 2.75) is 33.7 Å². The highest BCUT2D eigenvalue weighted by molar-refractivity contribution is 5.74. The average Bonchev–Trinajstić information content (AvgIpc) is 2.03. The van der Waals surface area contributed by atoms with Crippen LogP contribution in [0.2, 0.25) is 0 Å². The van der Waals surface area contributed by atoms with Crippen molar-refractivity contribution in [1.82, 2.24) is 4.90 Å². The lowest BCUT2D eigenvalue weighted by atomic mass is 9.91. The van der Waals surface area contributed by atoms with E-state index in [0.29, 0.717) is 5.92 Å². The van der Waals surface area contributed by atoms with E-state index >= 15 is 0 Å². The van der Waals surface area contributed by atoms with Crippen LogP contribution in [0.25, 0.3) is 0 Å². The Morgan fingerprint density at radius 3 is 2.00 bits per heavy atom. The molecule has 0 aliphatic carbocycles. The molecule has 76 valence electrons. The van der Waals surface area contributed by atoms with Gasteiger partial charge in [0.25, 0.3) is 0 Å². The van der Waals surface area contributed by atoms with Crippen molar-refractivity contribution in [3.8, 4) is 0 Å². The molecule has 0 aromatic rings. The highest BCUT2D eigenvalue weighted by Gasteiger charge is 2.25. The van der Waals surface area contributed by atoms with Gasteiger partial charge in [0.15, 0.2) is 0 Å². The van der Waals surface area contributed by atoms with Gasteiger partial charge in [-0.1, -0.05) is 20.8 Å². The Kier molecular flexibility index (Phi) is 4.67. The van der Waals surface area contributed by atoms with E-state index in [1.807, 2.05) is 20.8 Å². The largest absolute Gasteiger partial charge is 0.342 e. The Hall–Kier alpha value is -0.860. The molecule has 3 heteroatoms. The van der Waals surface area contributed by atoms with E-state index < -0.39 is 0 Å². The lowest BCUT2D eigenvalue weighted by Crippen LogP contribution is -2.43. The van der Waals surface area contributed by atoms with Crippen LogP contribution < -0.4 is 0 Å². The van der Waals surface area contributed by atoms with Gasteiger partial charge in [-0.2, -0.15) is 0 Å². The molecule has 0 aromatic heterocycles. The van der Waals surface area contributed by atoms with Crippen LogP contribution >= 0.6 is 0 Å². The normalized spacial score (nSPS) is 15.2. The Labute approximate surface area is 80.1 Å². The van der Waals surface area contributed by atoms with Crippen molar-refractivity contribution in [1.29, 1.82) is 0 Å². The van der Waals surface area contributed by atoms with E-state index in [9.17, 15) is 9.59 Å². The molecule has 0 N–H and O–H groups in total. The van der Waals surface area contributed by atoms with Crippen LogP contribution in [-0.2, 0) is 9.59 Å². The first kappa shape index (κ1) is 12.1. The molecule has 0 bridgehead atoms. The summed E-state index contributed by atoms with van der Waals surface area (Å²) in [6.07, 6.45) is 0.907. The maximum atomic E-state index is 11.1. The van der Waals surface area contributed by atoms with Gasteiger partial charge in [-0.05, 0) is 5.92 Å². The molecule has 3 nitrogen and oxygen atoms in total. The maximum absolute atomic E-state index is 11.1. The number of hydrogen-bond acceptors (Lipinski definition) is 2. The standard InChI is InChI=1S/C10H19NO2/c1-7(2)10(8(3)6-12)11(5)9(4)13/h6-8,10H,1-5H3/t8-,10-/m1/s1. The van der Waals surface area contributed by atoms with Gasteiger partial charge in [-0.25, -0.2) is 0 Å². The summed E-state index contributed by atoms with van der Waals surface area (Å²) < 4.78 is 0. The summed E-state index contributed by atoms with van der Waals surface area (Å²) in [6.45, 7) is 7.40. The van der Waals surface area contributed by atoms with E-state index in [4.69, 9.17) is 0 Å². The average molecular weight is 185 g/mol. The summed E-state index contributed by atoms with van der Waals surface area (Å²) in [5.41, 5.74) is 0. The van der Waals surface area contributed by atoms with Gasteiger partial charge in [-0.3, -0.25) is 4.79 Å². The maximum Gasteiger partial charge on any atom is 0.219 e. The Bertz CT molecular complexity index is 189. The minimum Gasteiger partial charge on any atom is -0.342 e. The first-order valence-electron chi connectivity index (χ1n) is 4.60. The highest BCUT2D eigenvalue weighted by Crippen LogP contribution is 2.16. The number of hydrogen-bond donors (Lipinski definition) is 0. The Morgan fingerprint density at radius 1 is 1.31 bits per heavy atom. The quantitative estimate of drug-likeness (QED) is 0.619. The first-order valence-corrected chi connectivity index (χ1v) is 4.60. The molecule has 0 aromatic carbocycles. The van der Waals surface area contributed by atoms with Crippen LogP contribution in [-0.4, -0.2) is 30.2 Å². The SMILES string of the molecule is CC(=O)N(C)[C@H](C(C)C)[C@H](C)C=O. The van der Waals surface area contributed by atoms with Crippen molar-refractivity contribution in [2.24, 2.45) is 11.8 Å².